The summed E-state index contributed by atoms with van der Waals surface area (Å²) in [6, 6.07) is 0.306. The summed E-state index contributed by atoms with van der Waals surface area (Å²) < 4.78 is 3.84. The molecular formula is C35H61N7OS. The molecule has 0 radical (unpaired) electrons. The summed E-state index contributed by atoms with van der Waals surface area (Å²) in [6.45, 7) is 11.0. The number of nitrogens with one attached hydrogen (secondary N) is 4. The molecule has 44 heavy (non-hydrogen) atoms. The quantitative estimate of drug-likeness (QED) is 0.322. The van der Waals surface area contributed by atoms with Crippen LogP contribution in [-0.2, 0) is 0 Å². The third-order valence-corrected chi connectivity index (χ3v) is 14.6. The Labute approximate surface area is 271 Å². The maximum Gasteiger partial charge on any atom is 0.321 e. The zero-order valence-corrected chi connectivity index (χ0v) is 28.5. The van der Waals surface area contributed by atoms with E-state index in [1.807, 2.05) is 11.9 Å². The fourth-order valence-electron chi connectivity index (χ4n) is 12.0. The molecule has 9 rings (SSSR count). The van der Waals surface area contributed by atoms with Gasteiger partial charge >= 0.3 is 6.03 Å². The van der Waals surface area contributed by atoms with Gasteiger partial charge in [-0.2, -0.15) is 0 Å². The van der Waals surface area contributed by atoms with E-state index >= 15 is 0 Å². The number of nitrogens with zero attached hydrogens (tertiary/aromatic N) is 3. The van der Waals surface area contributed by atoms with Gasteiger partial charge in [-0.05, 0) is 146 Å². The van der Waals surface area contributed by atoms with Gasteiger partial charge in [0.2, 0.25) is 0 Å². The molecule has 9 fully saturated rings. The Kier molecular flexibility index (Phi) is 8.70. The molecule has 8 bridgehead atoms. The molecule has 4 aliphatic carbocycles. The van der Waals surface area contributed by atoms with Gasteiger partial charge in [0.1, 0.15) is 0 Å². The average Bonchev–Trinajstić information content (AvgIpc) is 3.51. The molecule has 5 saturated heterocycles. The summed E-state index contributed by atoms with van der Waals surface area (Å²) in [7, 11) is 0. The summed E-state index contributed by atoms with van der Waals surface area (Å²) in [5, 5.41) is 12.3. The Morgan fingerprint density at radius 2 is 1.66 bits per heavy atom. The number of hydrogen-bond acceptors (Lipinski definition) is 7. The molecule has 4 N–H and O–H groups in total. The van der Waals surface area contributed by atoms with Crippen molar-refractivity contribution in [1.29, 1.82) is 0 Å². The number of amides is 2. The Bertz CT molecular complexity index is 1010. The highest BCUT2D eigenvalue weighted by Gasteiger charge is 2.51. The Balaban J connectivity index is 0.927. The van der Waals surface area contributed by atoms with Crippen LogP contribution in [0.1, 0.15) is 110 Å². The van der Waals surface area contributed by atoms with E-state index in [2.05, 4.69) is 49.2 Å². The summed E-state index contributed by atoms with van der Waals surface area (Å²) in [5.41, 5.74) is 0.730. The minimum absolute atomic E-state index is 0.155. The van der Waals surface area contributed by atoms with Crippen molar-refractivity contribution in [2.75, 3.05) is 39.3 Å². The molecule has 248 valence electrons. The molecule has 0 aromatic rings. The highest BCUT2D eigenvalue weighted by atomic mass is 32.2. The molecule has 2 amide bonds. The second-order valence-electron chi connectivity index (χ2n) is 17.3. The summed E-state index contributed by atoms with van der Waals surface area (Å²) in [6.07, 6.45) is 20.9. The molecular weight excluding hydrogens is 567 g/mol. The standard InChI is InChI=1S/C35H61N7OS/c1-34(2)18-24-5-4-11-36-29-6-3-7-31(38-29)44-37-22-28-8-9-30(39-32(28)42(34)23-24)41-14-13-40(33(41)43)12-10-35-19-25-15-26(20-35)17-27(16-25)21-35/h24-32,36-39H,3-23H2,1-2H3/t24-,25?,26?,27?,28?,29?,30?,31?,32?,35?/m0/s1. The third kappa shape index (κ3) is 6.21. The number of carbonyl (C=O) groups excluding carboxylic acids is 1. The summed E-state index contributed by atoms with van der Waals surface area (Å²) in [5.74, 6) is 4.27. The van der Waals surface area contributed by atoms with Gasteiger partial charge in [-0.25, -0.2) is 4.79 Å². The zero-order chi connectivity index (χ0) is 29.9. The largest absolute Gasteiger partial charge is 0.323 e. The van der Waals surface area contributed by atoms with E-state index in [-0.39, 0.29) is 11.7 Å². The molecule has 0 aromatic carbocycles. The zero-order valence-electron chi connectivity index (χ0n) is 27.7. The van der Waals surface area contributed by atoms with Crippen LogP contribution in [0.15, 0.2) is 0 Å². The molecule has 9 aliphatic rings. The Morgan fingerprint density at radius 3 is 2.45 bits per heavy atom. The van der Waals surface area contributed by atoms with Crippen LogP contribution in [0.2, 0.25) is 0 Å². The fourth-order valence-corrected chi connectivity index (χ4v) is 13.0. The predicted octanol–water partition coefficient (Wildman–Crippen LogP) is 5.13. The van der Waals surface area contributed by atoms with Crippen molar-refractivity contribution in [2.45, 2.75) is 140 Å². The van der Waals surface area contributed by atoms with Crippen LogP contribution in [0, 0.1) is 35.0 Å². The van der Waals surface area contributed by atoms with E-state index in [9.17, 15) is 4.79 Å². The number of hydrogen-bond donors (Lipinski definition) is 4. The second-order valence-corrected chi connectivity index (χ2v) is 18.4. The lowest BCUT2D eigenvalue weighted by Gasteiger charge is -2.57. The highest BCUT2D eigenvalue weighted by molar-refractivity contribution is 7.98. The predicted molar refractivity (Wildman–Crippen MR) is 179 cm³/mol. The number of carbonyl (C=O) groups is 1. The first-order chi connectivity index (χ1) is 21.3. The normalized spacial score (nSPS) is 47.4. The number of piperidine rings is 2. The van der Waals surface area contributed by atoms with Crippen LogP contribution in [0.25, 0.3) is 0 Å². The molecule has 9 heteroatoms. The second kappa shape index (κ2) is 12.5. The van der Waals surface area contributed by atoms with Crippen molar-refractivity contribution in [3.8, 4) is 0 Å². The van der Waals surface area contributed by atoms with Crippen LogP contribution in [0.3, 0.4) is 0 Å². The first kappa shape index (κ1) is 30.7. The van der Waals surface area contributed by atoms with Crippen molar-refractivity contribution >= 4 is 18.0 Å². The van der Waals surface area contributed by atoms with E-state index in [1.54, 1.807) is 0 Å². The van der Waals surface area contributed by atoms with E-state index in [0.29, 0.717) is 35.1 Å². The van der Waals surface area contributed by atoms with Gasteiger partial charge < -0.3 is 15.1 Å². The number of urea groups is 1. The SMILES string of the molecule is CC1(C)C[C@@H]2CCCNC3CCCC(N3)SNCC3CCC(N4CCN(CCC56CC7CC(CC(C7)C5)C6)C4=O)NC3N1C2. The van der Waals surface area contributed by atoms with E-state index < -0.39 is 0 Å². The molecule has 0 spiro atoms. The minimum atomic E-state index is 0.155. The lowest BCUT2D eigenvalue weighted by atomic mass is 9.49. The van der Waals surface area contributed by atoms with Gasteiger partial charge in [-0.1, -0.05) is 11.9 Å². The summed E-state index contributed by atoms with van der Waals surface area (Å²) >= 11 is 1.92. The summed E-state index contributed by atoms with van der Waals surface area (Å²) in [4.78, 5) is 21.2. The van der Waals surface area contributed by atoms with Crippen LogP contribution in [0.5, 0.6) is 0 Å². The first-order valence-electron chi connectivity index (χ1n) is 18.8. The Morgan fingerprint density at radius 1 is 0.864 bits per heavy atom. The molecule has 0 aromatic heterocycles. The van der Waals surface area contributed by atoms with Crippen molar-refractivity contribution in [1.82, 2.24) is 35.4 Å². The first-order valence-corrected chi connectivity index (χ1v) is 19.7. The lowest BCUT2D eigenvalue weighted by molar-refractivity contribution is -0.0593. The third-order valence-electron chi connectivity index (χ3n) is 13.7. The number of fused-ring (bicyclic) bond motifs is 6. The van der Waals surface area contributed by atoms with Crippen molar-refractivity contribution in [3.05, 3.63) is 0 Å². The van der Waals surface area contributed by atoms with Crippen LogP contribution < -0.4 is 20.7 Å². The topological polar surface area (TPSA) is 74.9 Å². The van der Waals surface area contributed by atoms with E-state index in [1.165, 1.54) is 96.4 Å². The maximum atomic E-state index is 13.9. The van der Waals surface area contributed by atoms with Crippen LogP contribution in [-0.4, -0.2) is 89.4 Å². The van der Waals surface area contributed by atoms with Gasteiger partial charge in [-0.15, -0.1) is 0 Å². The molecule has 7 atom stereocenters. The maximum absolute atomic E-state index is 13.9. The molecule has 4 saturated carbocycles. The van der Waals surface area contributed by atoms with Gasteiger partial charge in [-0.3, -0.25) is 20.3 Å². The van der Waals surface area contributed by atoms with Gasteiger partial charge in [0.15, 0.2) is 0 Å². The van der Waals surface area contributed by atoms with Gasteiger partial charge in [0.25, 0.3) is 0 Å². The lowest BCUT2D eigenvalue weighted by Crippen LogP contribution is -2.65. The molecule has 8 nitrogen and oxygen atoms in total. The number of rotatable bonds is 4. The van der Waals surface area contributed by atoms with Crippen molar-refractivity contribution < 1.29 is 4.79 Å². The van der Waals surface area contributed by atoms with E-state index in [4.69, 9.17) is 0 Å². The average molecular weight is 628 g/mol. The monoisotopic (exact) mass is 627 g/mol. The van der Waals surface area contributed by atoms with E-state index in [0.717, 1.165) is 62.8 Å². The fraction of sp³-hybridized carbons (Fsp3) is 0.971. The molecule has 6 unspecified atom stereocenters. The Hall–Kier alpha value is -0.580. The highest BCUT2D eigenvalue weighted by Crippen LogP contribution is 2.61. The van der Waals surface area contributed by atoms with Crippen molar-refractivity contribution in [3.63, 3.8) is 0 Å². The molecule has 5 aliphatic heterocycles. The van der Waals surface area contributed by atoms with Crippen molar-refractivity contribution in [2.24, 2.45) is 35.0 Å². The smallest absolute Gasteiger partial charge is 0.321 e. The van der Waals surface area contributed by atoms with Gasteiger partial charge in [0, 0.05) is 44.2 Å². The van der Waals surface area contributed by atoms with Crippen LogP contribution in [0.4, 0.5) is 4.79 Å². The minimum Gasteiger partial charge on any atom is -0.323 e. The molecule has 5 heterocycles. The van der Waals surface area contributed by atoms with Crippen LogP contribution >= 0.6 is 11.9 Å². The van der Waals surface area contributed by atoms with Gasteiger partial charge in [0.05, 0.1) is 23.9 Å².